The number of amides is 3. The molecule has 1 fully saturated rings. The number of carbonyl (C=O) groups excluding carboxylic acids is 2. The van der Waals surface area contributed by atoms with Gasteiger partial charge in [0.05, 0.1) is 21.7 Å². The van der Waals surface area contributed by atoms with Crippen LogP contribution in [0.3, 0.4) is 0 Å². The first-order valence-corrected chi connectivity index (χ1v) is 13.5. The number of benzene rings is 1. The summed E-state index contributed by atoms with van der Waals surface area (Å²) in [6, 6.07) is 4.51. The first kappa shape index (κ1) is 24.5. The molecule has 0 saturated carbocycles. The number of unbranched alkanes of at least 4 members (excludes halogenated alkanes) is 1. The molecule has 1 aromatic carbocycles. The lowest BCUT2D eigenvalue weighted by atomic mass is 10.2. The minimum absolute atomic E-state index is 0.0312. The maximum atomic E-state index is 13.0. The number of piperidine rings is 1. The van der Waals surface area contributed by atoms with Gasteiger partial charge in [-0.25, -0.2) is 18.2 Å². The molecule has 2 N–H and O–H groups in total. The summed E-state index contributed by atoms with van der Waals surface area (Å²) in [4.78, 5) is 28.7. The van der Waals surface area contributed by atoms with Crippen molar-refractivity contribution in [2.45, 2.75) is 62.5 Å². The van der Waals surface area contributed by atoms with Crippen molar-refractivity contribution in [3.63, 3.8) is 0 Å². The van der Waals surface area contributed by atoms with Gasteiger partial charge in [-0.2, -0.15) is 4.31 Å². The fraction of sp³-hybridized carbons (Fsp3) is 0.571. The van der Waals surface area contributed by atoms with E-state index in [0.29, 0.717) is 36.9 Å². The number of hydrogen-bond acceptors (Lipinski definition) is 6. The Morgan fingerprint density at radius 3 is 2.59 bits per heavy atom. The molecule has 1 saturated heterocycles. The Labute approximate surface area is 193 Å². The lowest BCUT2D eigenvalue weighted by molar-refractivity contribution is -0.117. The summed E-state index contributed by atoms with van der Waals surface area (Å²) in [5.41, 5.74) is 1.38. The number of hydrogen-bond donors (Lipinski definition) is 2. The normalized spacial score (nSPS) is 15.1. The van der Waals surface area contributed by atoms with Gasteiger partial charge in [0.15, 0.2) is 5.16 Å². The molecule has 1 aliphatic rings. The van der Waals surface area contributed by atoms with Crippen molar-refractivity contribution >= 4 is 44.8 Å². The zero-order valence-electron chi connectivity index (χ0n) is 18.6. The molecular weight excluding hydrogens is 450 g/mol. The van der Waals surface area contributed by atoms with E-state index in [9.17, 15) is 18.0 Å². The van der Waals surface area contributed by atoms with Gasteiger partial charge in [-0.1, -0.05) is 31.5 Å². The minimum atomic E-state index is -3.54. The van der Waals surface area contributed by atoms with Crippen LogP contribution in [0.15, 0.2) is 28.3 Å². The van der Waals surface area contributed by atoms with Crippen molar-refractivity contribution < 1.29 is 18.0 Å². The van der Waals surface area contributed by atoms with Gasteiger partial charge in [-0.05, 0) is 44.4 Å². The first-order chi connectivity index (χ1) is 15.4. The highest BCUT2D eigenvalue weighted by molar-refractivity contribution is 7.99. The van der Waals surface area contributed by atoms with Crippen LogP contribution in [0, 0.1) is 0 Å². The molecule has 2 aromatic rings. The number of nitrogens with one attached hydrogen (secondary N) is 2. The molecule has 3 amide bonds. The Morgan fingerprint density at radius 1 is 1.16 bits per heavy atom. The molecule has 1 aliphatic heterocycles. The van der Waals surface area contributed by atoms with E-state index in [1.807, 2.05) is 18.4 Å². The highest BCUT2D eigenvalue weighted by Crippen LogP contribution is 2.28. The van der Waals surface area contributed by atoms with Crippen molar-refractivity contribution in [3.05, 3.63) is 18.2 Å². The van der Waals surface area contributed by atoms with E-state index in [4.69, 9.17) is 0 Å². The quantitative estimate of drug-likeness (QED) is 0.421. The van der Waals surface area contributed by atoms with Crippen molar-refractivity contribution in [2.24, 2.45) is 0 Å². The monoisotopic (exact) mass is 481 g/mol. The van der Waals surface area contributed by atoms with Gasteiger partial charge in [0.25, 0.3) is 0 Å². The lowest BCUT2D eigenvalue weighted by Gasteiger charge is -2.25. The van der Waals surface area contributed by atoms with Crippen LogP contribution < -0.4 is 10.6 Å². The number of thioether (sulfide) groups is 1. The third-order valence-electron chi connectivity index (χ3n) is 5.35. The number of imide groups is 1. The fourth-order valence-electron chi connectivity index (χ4n) is 3.63. The molecule has 0 aliphatic carbocycles. The van der Waals surface area contributed by atoms with Crippen LogP contribution >= 0.6 is 11.8 Å². The summed E-state index contributed by atoms with van der Waals surface area (Å²) >= 11 is 1.22. The van der Waals surface area contributed by atoms with Crippen molar-refractivity contribution in [3.8, 4) is 0 Å². The SMILES string of the molecule is CCCCNC(=O)NC(=O)CSc1nc2cc(S(=O)(=O)N3CCCCC3)ccc2n1CC. The molecule has 0 atom stereocenters. The number of aryl methyl sites for hydroxylation is 1. The van der Waals surface area contributed by atoms with Gasteiger partial charge >= 0.3 is 6.03 Å². The molecule has 11 heteroatoms. The predicted molar refractivity (Wildman–Crippen MR) is 125 cm³/mol. The van der Waals surface area contributed by atoms with E-state index in [1.165, 1.54) is 11.8 Å². The number of aromatic nitrogens is 2. The van der Waals surface area contributed by atoms with Crippen molar-refractivity contribution in [1.29, 1.82) is 0 Å². The summed E-state index contributed by atoms with van der Waals surface area (Å²) in [6.45, 7) is 6.23. The van der Waals surface area contributed by atoms with Gasteiger partial charge < -0.3 is 9.88 Å². The Hall–Kier alpha value is -2.11. The Balaban J connectivity index is 1.71. The largest absolute Gasteiger partial charge is 0.338 e. The molecule has 0 radical (unpaired) electrons. The minimum Gasteiger partial charge on any atom is -0.338 e. The molecule has 0 spiro atoms. The van der Waals surface area contributed by atoms with E-state index in [1.54, 1.807) is 22.5 Å². The molecule has 32 heavy (non-hydrogen) atoms. The third-order valence-corrected chi connectivity index (χ3v) is 8.23. The highest BCUT2D eigenvalue weighted by atomic mass is 32.2. The maximum absolute atomic E-state index is 13.0. The first-order valence-electron chi connectivity index (χ1n) is 11.1. The summed E-state index contributed by atoms with van der Waals surface area (Å²) < 4.78 is 29.5. The van der Waals surface area contributed by atoms with Crippen LogP contribution in [-0.2, 0) is 21.4 Å². The molecule has 1 aromatic heterocycles. The number of sulfonamides is 1. The van der Waals surface area contributed by atoms with Crippen LogP contribution in [0.4, 0.5) is 4.79 Å². The summed E-state index contributed by atoms with van der Waals surface area (Å²) in [5.74, 6) is -0.379. The van der Waals surface area contributed by atoms with Gasteiger partial charge in [-0.3, -0.25) is 10.1 Å². The van der Waals surface area contributed by atoms with Crippen LogP contribution in [-0.4, -0.2) is 59.6 Å². The zero-order chi connectivity index (χ0) is 23.1. The smallest absolute Gasteiger partial charge is 0.321 e. The standard InChI is InChI=1S/C21H31N5O4S2/c1-3-5-11-22-20(28)24-19(27)15-31-21-23-17-14-16(9-10-18(17)26(21)4-2)32(29,30)25-12-7-6-8-13-25/h9-10,14H,3-8,11-13,15H2,1-2H3,(H2,22,24,27,28). The number of nitrogens with zero attached hydrogens (tertiary/aromatic N) is 3. The number of fused-ring (bicyclic) bond motifs is 1. The molecule has 176 valence electrons. The number of imidazole rings is 1. The second kappa shape index (κ2) is 11.2. The molecule has 2 heterocycles. The highest BCUT2D eigenvalue weighted by Gasteiger charge is 2.26. The maximum Gasteiger partial charge on any atom is 0.321 e. The Bertz CT molecular complexity index is 1060. The second-order valence-corrected chi connectivity index (χ2v) is 10.6. The lowest BCUT2D eigenvalue weighted by Crippen LogP contribution is -2.40. The van der Waals surface area contributed by atoms with Gasteiger partial charge in [0.2, 0.25) is 15.9 Å². The second-order valence-electron chi connectivity index (χ2n) is 7.70. The zero-order valence-corrected chi connectivity index (χ0v) is 20.2. The summed E-state index contributed by atoms with van der Waals surface area (Å²) in [7, 11) is -3.54. The van der Waals surface area contributed by atoms with E-state index >= 15 is 0 Å². The molecule has 0 unspecified atom stereocenters. The Kier molecular flexibility index (Phi) is 8.55. The van der Waals surface area contributed by atoms with Crippen molar-refractivity contribution in [2.75, 3.05) is 25.4 Å². The number of carbonyl (C=O) groups is 2. The van der Waals surface area contributed by atoms with Gasteiger partial charge in [0, 0.05) is 26.2 Å². The van der Waals surface area contributed by atoms with E-state index < -0.39 is 22.0 Å². The number of rotatable bonds is 9. The van der Waals surface area contributed by atoms with Crippen molar-refractivity contribution in [1.82, 2.24) is 24.5 Å². The topological polar surface area (TPSA) is 113 Å². The van der Waals surface area contributed by atoms with Gasteiger partial charge in [-0.15, -0.1) is 0 Å². The van der Waals surface area contributed by atoms with Crippen LogP contribution in [0.2, 0.25) is 0 Å². The molecule has 0 bridgehead atoms. The van der Waals surface area contributed by atoms with E-state index in [-0.39, 0.29) is 10.6 Å². The van der Waals surface area contributed by atoms with Gasteiger partial charge in [0.1, 0.15) is 0 Å². The van der Waals surface area contributed by atoms with E-state index in [0.717, 1.165) is 37.6 Å². The predicted octanol–water partition coefficient (Wildman–Crippen LogP) is 2.95. The molecule has 3 rings (SSSR count). The van der Waals surface area contributed by atoms with E-state index in [2.05, 4.69) is 15.6 Å². The summed E-state index contributed by atoms with van der Waals surface area (Å²) in [6.07, 6.45) is 4.63. The van der Waals surface area contributed by atoms with Crippen LogP contribution in [0.1, 0.15) is 46.0 Å². The van der Waals surface area contributed by atoms with Crippen LogP contribution in [0.25, 0.3) is 11.0 Å². The van der Waals surface area contributed by atoms with Crippen LogP contribution in [0.5, 0.6) is 0 Å². The Morgan fingerprint density at radius 2 is 1.91 bits per heavy atom. The number of urea groups is 1. The molecular formula is C21H31N5O4S2. The summed E-state index contributed by atoms with van der Waals surface area (Å²) in [5, 5.41) is 5.56. The fourth-order valence-corrected chi connectivity index (χ4v) is 6.05. The molecule has 9 nitrogen and oxygen atoms in total. The average molecular weight is 482 g/mol. The average Bonchev–Trinajstić information content (AvgIpc) is 3.15. The third kappa shape index (κ3) is 5.81.